The van der Waals surface area contributed by atoms with Crippen molar-refractivity contribution >= 4 is 29.3 Å². The van der Waals surface area contributed by atoms with Gasteiger partial charge in [0.1, 0.15) is 5.76 Å². The van der Waals surface area contributed by atoms with E-state index in [0.717, 1.165) is 22.1 Å². The second kappa shape index (κ2) is 9.01. The fourth-order valence-corrected chi connectivity index (χ4v) is 3.19. The lowest BCUT2D eigenvalue weighted by atomic mass is 10.2. The van der Waals surface area contributed by atoms with Gasteiger partial charge in [-0.25, -0.2) is 0 Å². The van der Waals surface area contributed by atoms with E-state index in [9.17, 15) is 4.79 Å². The molecule has 0 spiro atoms. The summed E-state index contributed by atoms with van der Waals surface area (Å²) in [5, 5.41) is 3.68. The van der Waals surface area contributed by atoms with E-state index in [1.54, 1.807) is 18.0 Å². The first-order valence-corrected chi connectivity index (χ1v) is 8.88. The maximum Gasteiger partial charge on any atom is 0.230 e. The van der Waals surface area contributed by atoms with E-state index in [2.05, 4.69) is 5.32 Å². The number of furan rings is 1. The molecule has 4 nitrogen and oxygen atoms in total. The van der Waals surface area contributed by atoms with Gasteiger partial charge in [-0.1, -0.05) is 23.7 Å². The van der Waals surface area contributed by atoms with Crippen molar-refractivity contribution in [1.82, 2.24) is 10.2 Å². The van der Waals surface area contributed by atoms with Crippen LogP contribution in [0.25, 0.3) is 0 Å². The highest BCUT2D eigenvalue weighted by molar-refractivity contribution is 7.99. The molecule has 1 N–H and O–H groups in total. The van der Waals surface area contributed by atoms with E-state index < -0.39 is 0 Å². The smallest absolute Gasteiger partial charge is 0.230 e. The highest BCUT2D eigenvalue weighted by Crippen LogP contribution is 2.18. The lowest BCUT2D eigenvalue weighted by Crippen LogP contribution is -2.35. The van der Waals surface area contributed by atoms with Crippen molar-refractivity contribution in [2.45, 2.75) is 11.8 Å². The zero-order valence-electron chi connectivity index (χ0n) is 13.3. The van der Waals surface area contributed by atoms with Gasteiger partial charge in [-0.3, -0.25) is 9.69 Å². The van der Waals surface area contributed by atoms with Crippen molar-refractivity contribution < 1.29 is 9.21 Å². The Morgan fingerprint density at radius 2 is 2.17 bits per heavy atom. The third kappa shape index (κ3) is 5.94. The molecule has 0 aliphatic rings. The van der Waals surface area contributed by atoms with Crippen LogP contribution >= 0.6 is 23.4 Å². The largest absolute Gasteiger partial charge is 0.468 e. The Balaban J connectivity index is 1.74. The number of carbonyl (C=O) groups is 1. The Bertz CT molecular complexity index is 617. The molecule has 23 heavy (non-hydrogen) atoms. The Labute approximate surface area is 146 Å². The van der Waals surface area contributed by atoms with Crippen LogP contribution in [0.15, 0.2) is 47.1 Å². The predicted molar refractivity (Wildman–Crippen MR) is 95.8 cm³/mol. The number of amides is 1. The molecule has 1 aromatic carbocycles. The number of rotatable bonds is 8. The molecule has 124 valence electrons. The van der Waals surface area contributed by atoms with E-state index in [0.29, 0.717) is 12.3 Å². The van der Waals surface area contributed by atoms with Gasteiger partial charge in [0.15, 0.2) is 0 Å². The predicted octanol–water partition coefficient (Wildman–Crippen LogP) is 3.59. The Morgan fingerprint density at radius 1 is 1.35 bits per heavy atom. The molecule has 2 aromatic rings. The van der Waals surface area contributed by atoms with Crippen LogP contribution in [0.3, 0.4) is 0 Å². The van der Waals surface area contributed by atoms with Gasteiger partial charge in [-0.2, -0.15) is 0 Å². The molecule has 1 aromatic heterocycles. The first kappa shape index (κ1) is 17.9. The normalized spacial score (nSPS) is 12.3. The molecule has 0 bridgehead atoms. The monoisotopic (exact) mass is 352 g/mol. The van der Waals surface area contributed by atoms with E-state index >= 15 is 0 Å². The summed E-state index contributed by atoms with van der Waals surface area (Å²) in [5.74, 6) is 2.06. The molecule has 0 aliphatic heterocycles. The lowest BCUT2D eigenvalue weighted by Gasteiger charge is -2.22. The second-order valence-corrected chi connectivity index (χ2v) is 6.84. The lowest BCUT2D eigenvalue weighted by molar-refractivity contribution is -0.118. The number of thioether (sulfide) groups is 1. The SMILES string of the molecule is CN(C)C(CNC(=O)CSCc1cccc(Cl)c1)c1ccco1. The first-order chi connectivity index (χ1) is 11.1. The molecule has 1 heterocycles. The van der Waals surface area contributed by atoms with Crippen LogP contribution in [0.4, 0.5) is 0 Å². The third-order valence-electron chi connectivity index (χ3n) is 3.38. The molecule has 0 aliphatic carbocycles. The van der Waals surface area contributed by atoms with Crippen LogP contribution in [0.1, 0.15) is 17.4 Å². The van der Waals surface area contributed by atoms with Crippen LogP contribution in [-0.2, 0) is 10.5 Å². The van der Waals surface area contributed by atoms with Crippen LogP contribution < -0.4 is 5.32 Å². The average Bonchev–Trinajstić information content (AvgIpc) is 3.01. The Morgan fingerprint density at radius 3 is 2.83 bits per heavy atom. The summed E-state index contributed by atoms with van der Waals surface area (Å²) in [6.45, 7) is 0.525. The topological polar surface area (TPSA) is 45.5 Å². The average molecular weight is 353 g/mol. The molecule has 0 saturated carbocycles. The van der Waals surface area contributed by atoms with E-state index in [4.69, 9.17) is 16.0 Å². The van der Waals surface area contributed by atoms with Gasteiger partial charge in [-0.05, 0) is 43.9 Å². The molecule has 1 amide bonds. The highest BCUT2D eigenvalue weighted by Gasteiger charge is 2.17. The number of hydrogen-bond acceptors (Lipinski definition) is 4. The summed E-state index contributed by atoms with van der Waals surface area (Å²) in [7, 11) is 3.93. The number of benzene rings is 1. The summed E-state index contributed by atoms with van der Waals surface area (Å²) in [6.07, 6.45) is 1.65. The van der Waals surface area contributed by atoms with Crippen molar-refractivity contribution in [2.24, 2.45) is 0 Å². The van der Waals surface area contributed by atoms with Crippen molar-refractivity contribution in [2.75, 3.05) is 26.4 Å². The number of hydrogen-bond donors (Lipinski definition) is 1. The third-order valence-corrected chi connectivity index (χ3v) is 4.62. The van der Waals surface area contributed by atoms with Crippen LogP contribution in [-0.4, -0.2) is 37.2 Å². The second-order valence-electron chi connectivity index (χ2n) is 5.42. The minimum atomic E-state index is 0.0236. The van der Waals surface area contributed by atoms with Gasteiger partial charge in [0, 0.05) is 17.3 Å². The summed E-state index contributed by atoms with van der Waals surface area (Å²) in [5.41, 5.74) is 1.12. The minimum Gasteiger partial charge on any atom is -0.468 e. The van der Waals surface area contributed by atoms with Gasteiger partial charge < -0.3 is 9.73 Å². The number of carbonyl (C=O) groups excluding carboxylic acids is 1. The fraction of sp³-hybridized carbons (Fsp3) is 0.353. The van der Waals surface area contributed by atoms with Gasteiger partial charge >= 0.3 is 0 Å². The minimum absolute atomic E-state index is 0.0236. The Kier molecular flexibility index (Phi) is 7.02. The standard InChI is InChI=1S/C17H21ClN2O2S/c1-20(2)15(16-7-4-8-22-16)10-19-17(21)12-23-11-13-5-3-6-14(18)9-13/h3-9,15H,10-12H2,1-2H3,(H,19,21). The molecule has 1 unspecified atom stereocenters. The zero-order chi connectivity index (χ0) is 16.7. The summed E-state index contributed by atoms with van der Waals surface area (Å²) >= 11 is 7.52. The van der Waals surface area contributed by atoms with Gasteiger partial charge in [0.2, 0.25) is 5.91 Å². The van der Waals surface area contributed by atoms with Crippen molar-refractivity contribution in [3.63, 3.8) is 0 Å². The number of halogens is 1. The van der Waals surface area contributed by atoms with Gasteiger partial charge in [0.05, 0.1) is 18.1 Å². The summed E-state index contributed by atoms with van der Waals surface area (Å²) in [4.78, 5) is 14.0. The maximum absolute atomic E-state index is 12.0. The van der Waals surface area contributed by atoms with Gasteiger partial charge in [-0.15, -0.1) is 11.8 Å². The molecular weight excluding hydrogens is 332 g/mol. The van der Waals surface area contributed by atoms with Crippen molar-refractivity contribution in [1.29, 1.82) is 0 Å². The summed E-state index contributed by atoms with van der Waals surface area (Å²) in [6, 6.07) is 11.5. The molecule has 0 saturated heterocycles. The number of nitrogens with one attached hydrogen (secondary N) is 1. The summed E-state index contributed by atoms with van der Waals surface area (Å²) < 4.78 is 5.43. The van der Waals surface area contributed by atoms with E-state index in [1.807, 2.05) is 55.4 Å². The van der Waals surface area contributed by atoms with E-state index in [-0.39, 0.29) is 11.9 Å². The number of likely N-dealkylation sites (N-methyl/N-ethyl adjacent to an activating group) is 1. The van der Waals surface area contributed by atoms with Crippen LogP contribution in [0.2, 0.25) is 5.02 Å². The first-order valence-electron chi connectivity index (χ1n) is 7.35. The van der Waals surface area contributed by atoms with Crippen molar-refractivity contribution in [3.8, 4) is 0 Å². The zero-order valence-corrected chi connectivity index (χ0v) is 14.9. The Hall–Kier alpha value is -1.43. The van der Waals surface area contributed by atoms with Crippen LogP contribution in [0.5, 0.6) is 0 Å². The van der Waals surface area contributed by atoms with Crippen molar-refractivity contribution in [3.05, 3.63) is 59.0 Å². The molecule has 0 fully saturated rings. The van der Waals surface area contributed by atoms with Gasteiger partial charge in [0.25, 0.3) is 0 Å². The molecule has 6 heteroatoms. The maximum atomic E-state index is 12.0. The fourth-order valence-electron chi connectivity index (χ4n) is 2.17. The molecule has 2 rings (SSSR count). The number of nitrogens with zero attached hydrogens (tertiary/aromatic N) is 1. The molecular formula is C17H21ClN2O2S. The highest BCUT2D eigenvalue weighted by atomic mass is 35.5. The molecule has 1 atom stereocenters. The molecule has 0 radical (unpaired) electrons. The van der Waals surface area contributed by atoms with E-state index in [1.165, 1.54) is 0 Å². The van der Waals surface area contributed by atoms with Crippen LogP contribution in [0, 0.1) is 0 Å². The quantitative estimate of drug-likeness (QED) is 0.788.